The third kappa shape index (κ3) is 3.29. The fourth-order valence-corrected chi connectivity index (χ4v) is 4.30. The van der Waals surface area contributed by atoms with Crippen molar-refractivity contribution in [1.82, 2.24) is 10.3 Å². The number of carbonyl (C=O) groups excluding carboxylic acids is 1. The molecule has 2 aliphatic carbocycles. The summed E-state index contributed by atoms with van der Waals surface area (Å²) >= 11 is 0. The van der Waals surface area contributed by atoms with Crippen molar-refractivity contribution < 1.29 is 13.9 Å². The molecule has 0 radical (unpaired) electrons. The molecule has 2 fully saturated rings. The molecule has 4 rings (SSSR count). The highest BCUT2D eigenvalue weighted by atomic mass is 19.1. The summed E-state index contributed by atoms with van der Waals surface area (Å²) in [4.78, 5) is 16.4. The number of pyridine rings is 1. The molecular formula is C20H22FN3O2. The fraction of sp³-hybridized carbons (Fsp3) is 0.400. The predicted octanol–water partition coefficient (Wildman–Crippen LogP) is 3.00. The largest absolute Gasteiger partial charge is 0.453 e. The Bertz CT molecular complexity index is 797. The molecule has 2 bridgehead atoms. The van der Waals surface area contributed by atoms with Crippen LogP contribution >= 0.6 is 0 Å². The van der Waals surface area contributed by atoms with Gasteiger partial charge >= 0.3 is 0 Å². The Balaban J connectivity index is 1.37. The molecule has 3 N–H and O–H groups in total. The van der Waals surface area contributed by atoms with Gasteiger partial charge in [-0.2, -0.15) is 0 Å². The SMILES string of the molecule is NC1C2CCC(C2)C1C(=O)NCc1ccc(Oc2cccnc2)c(F)c1. The van der Waals surface area contributed by atoms with E-state index in [9.17, 15) is 9.18 Å². The number of ether oxygens (including phenoxy) is 1. The Hall–Kier alpha value is -2.47. The highest BCUT2D eigenvalue weighted by Gasteiger charge is 2.48. The van der Waals surface area contributed by atoms with Crippen LogP contribution in [0.2, 0.25) is 0 Å². The van der Waals surface area contributed by atoms with Crippen LogP contribution in [0.3, 0.4) is 0 Å². The van der Waals surface area contributed by atoms with Gasteiger partial charge in [0.2, 0.25) is 5.91 Å². The average Bonchev–Trinajstić information content (AvgIpc) is 3.24. The number of nitrogens with one attached hydrogen (secondary N) is 1. The minimum absolute atomic E-state index is 0.0132. The molecule has 136 valence electrons. The second kappa shape index (κ2) is 7.03. The van der Waals surface area contributed by atoms with Crippen LogP contribution in [0.1, 0.15) is 24.8 Å². The van der Waals surface area contributed by atoms with Gasteiger partial charge in [-0.3, -0.25) is 9.78 Å². The number of carbonyl (C=O) groups is 1. The summed E-state index contributed by atoms with van der Waals surface area (Å²) in [6.45, 7) is 0.281. The van der Waals surface area contributed by atoms with Crippen molar-refractivity contribution in [2.45, 2.75) is 31.8 Å². The highest BCUT2D eigenvalue weighted by molar-refractivity contribution is 5.80. The molecule has 2 aliphatic rings. The van der Waals surface area contributed by atoms with Crippen molar-refractivity contribution >= 4 is 5.91 Å². The lowest BCUT2D eigenvalue weighted by Crippen LogP contribution is -2.45. The van der Waals surface area contributed by atoms with E-state index in [1.54, 1.807) is 30.5 Å². The number of fused-ring (bicyclic) bond motifs is 2. The van der Waals surface area contributed by atoms with Gasteiger partial charge in [0.15, 0.2) is 11.6 Å². The van der Waals surface area contributed by atoms with Gasteiger partial charge in [0.05, 0.1) is 12.1 Å². The van der Waals surface area contributed by atoms with Gasteiger partial charge in [0.1, 0.15) is 5.75 Å². The Morgan fingerprint density at radius 3 is 2.85 bits per heavy atom. The van der Waals surface area contributed by atoms with E-state index in [1.165, 1.54) is 12.3 Å². The first-order valence-corrected chi connectivity index (χ1v) is 9.01. The Morgan fingerprint density at radius 2 is 2.15 bits per heavy atom. The molecular weight excluding hydrogens is 333 g/mol. The number of hydrogen-bond donors (Lipinski definition) is 2. The first-order chi connectivity index (χ1) is 12.6. The van der Waals surface area contributed by atoms with Crippen molar-refractivity contribution in [3.05, 3.63) is 54.1 Å². The van der Waals surface area contributed by atoms with Crippen molar-refractivity contribution in [1.29, 1.82) is 0 Å². The van der Waals surface area contributed by atoms with E-state index in [-0.39, 0.29) is 30.2 Å². The first kappa shape index (κ1) is 17.0. The van der Waals surface area contributed by atoms with Crippen molar-refractivity contribution in [2.24, 2.45) is 23.5 Å². The lowest BCUT2D eigenvalue weighted by molar-refractivity contribution is -0.127. The Kier molecular flexibility index (Phi) is 4.59. The number of rotatable bonds is 5. The van der Waals surface area contributed by atoms with E-state index >= 15 is 0 Å². The van der Waals surface area contributed by atoms with Crippen LogP contribution in [-0.4, -0.2) is 16.9 Å². The Morgan fingerprint density at radius 1 is 1.31 bits per heavy atom. The minimum atomic E-state index is -0.475. The maximum Gasteiger partial charge on any atom is 0.225 e. The number of halogens is 1. The van der Waals surface area contributed by atoms with Crippen LogP contribution in [0, 0.1) is 23.6 Å². The molecule has 4 atom stereocenters. The molecule has 2 saturated carbocycles. The molecule has 1 heterocycles. The van der Waals surface area contributed by atoms with Gasteiger partial charge in [-0.25, -0.2) is 4.39 Å². The first-order valence-electron chi connectivity index (χ1n) is 9.01. The monoisotopic (exact) mass is 355 g/mol. The van der Waals surface area contributed by atoms with Gasteiger partial charge < -0.3 is 15.8 Å². The third-order valence-electron chi connectivity index (χ3n) is 5.61. The van der Waals surface area contributed by atoms with Crippen LogP contribution in [0.5, 0.6) is 11.5 Å². The maximum atomic E-state index is 14.3. The van der Waals surface area contributed by atoms with Gasteiger partial charge in [-0.05, 0) is 60.9 Å². The summed E-state index contributed by atoms with van der Waals surface area (Å²) in [6.07, 6.45) is 6.43. The van der Waals surface area contributed by atoms with E-state index in [4.69, 9.17) is 10.5 Å². The van der Waals surface area contributed by atoms with Crippen LogP contribution in [0.4, 0.5) is 4.39 Å². The van der Waals surface area contributed by atoms with Gasteiger partial charge in [-0.15, -0.1) is 0 Å². The second-order valence-corrected chi connectivity index (χ2v) is 7.21. The second-order valence-electron chi connectivity index (χ2n) is 7.21. The molecule has 0 spiro atoms. The number of benzene rings is 1. The number of hydrogen-bond acceptors (Lipinski definition) is 4. The number of aromatic nitrogens is 1. The van der Waals surface area contributed by atoms with Crippen molar-refractivity contribution in [2.75, 3.05) is 0 Å². The molecule has 1 amide bonds. The summed E-state index contributed by atoms with van der Waals surface area (Å²) in [6, 6.07) is 8.08. The summed E-state index contributed by atoms with van der Waals surface area (Å²) in [5.74, 6) is 0.893. The smallest absolute Gasteiger partial charge is 0.225 e. The zero-order valence-corrected chi connectivity index (χ0v) is 14.4. The summed E-state index contributed by atoms with van der Waals surface area (Å²) in [5.41, 5.74) is 6.90. The molecule has 1 aromatic heterocycles. The van der Waals surface area contributed by atoms with E-state index in [0.29, 0.717) is 23.1 Å². The van der Waals surface area contributed by atoms with E-state index in [1.807, 2.05) is 0 Å². The topological polar surface area (TPSA) is 77.2 Å². The van der Waals surface area contributed by atoms with Crippen LogP contribution in [0.25, 0.3) is 0 Å². The van der Waals surface area contributed by atoms with Gasteiger partial charge in [0, 0.05) is 18.8 Å². The van der Waals surface area contributed by atoms with Gasteiger partial charge in [0.25, 0.3) is 0 Å². The molecule has 1 aromatic carbocycles. The number of amides is 1. The lowest BCUT2D eigenvalue weighted by Gasteiger charge is -2.27. The fourth-order valence-electron chi connectivity index (χ4n) is 4.30. The summed E-state index contributed by atoms with van der Waals surface area (Å²) in [7, 11) is 0. The van der Waals surface area contributed by atoms with Crippen LogP contribution in [0.15, 0.2) is 42.7 Å². The summed E-state index contributed by atoms with van der Waals surface area (Å²) < 4.78 is 19.7. The number of nitrogens with two attached hydrogens (primary N) is 1. The number of nitrogens with zero attached hydrogens (tertiary/aromatic N) is 1. The molecule has 6 heteroatoms. The minimum Gasteiger partial charge on any atom is -0.453 e. The molecule has 2 aromatic rings. The van der Waals surface area contributed by atoms with Crippen LogP contribution < -0.4 is 15.8 Å². The predicted molar refractivity (Wildman–Crippen MR) is 94.9 cm³/mol. The van der Waals surface area contributed by atoms with E-state index in [0.717, 1.165) is 19.3 Å². The molecule has 4 unspecified atom stereocenters. The standard InChI is InChI=1S/C20H22FN3O2/c21-16-8-12(3-6-17(16)26-15-2-1-7-23-11-15)10-24-20(25)18-13-4-5-14(9-13)19(18)22/h1-3,6-8,11,13-14,18-19H,4-5,9-10,22H2,(H,24,25). The summed E-state index contributed by atoms with van der Waals surface area (Å²) in [5, 5.41) is 2.92. The normalized spacial score (nSPS) is 26.7. The molecule has 26 heavy (non-hydrogen) atoms. The third-order valence-corrected chi connectivity index (χ3v) is 5.61. The quantitative estimate of drug-likeness (QED) is 0.864. The lowest BCUT2D eigenvalue weighted by atomic mass is 9.84. The van der Waals surface area contributed by atoms with E-state index < -0.39 is 5.82 Å². The molecule has 0 saturated heterocycles. The van der Waals surface area contributed by atoms with Crippen molar-refractivity contribution in [3.8, 4) is 11.5 Å². The van der Waals surface area contributed by atoms with Crippen LogP contribution in [-0.2, 0) is 11.3 Å². The molecule has 5 nitrogen and oxygen atoms in total. The van der Waals surface area contributed by atoms with E-state index in [2.05, 4.69) is 10.3 Å². The average molecular weight is 355 g/mol. The maximum absolute atomic E-state index is 14.3. The van der Waals surface area contributed by atoms with Gasteiger partial charge in [-0.1, -0.05) is 6.07 Å². The molecule has 0 aliphatic heterocycles. The zero-order chi connectivity index (χ0) is 18.1. The Labute approximate surface area is 151 Å². The zero-order valence-electron chi connectivity index (χ0n) is 14.4. The van der Waals surface area contributed by atoms with Crippen molar-refractivity contribution in [3.63, 3.8) is 0 Å². The highest BCUT2D eigenvalue weighted by Crippen LogP contribution is 2.47.